The largest absolute Gasteiger partial charge is 0.481 e. The van der Waals surface area contributed by atoms with Gasteiger partial charge in [-0.1, -0.05) is 0 Å². The molecule has 1 aliphatic rings. The molecule has 6 heteroatoms. The number of aliphatic hydroxyl groups is 1. The van der Waals surface area contributed by atoms with E-state index in [0.717, 1.165) is 6.26 Å². The van der Waals surface area contributed by atoms with Crippen molar-refractivity contribution in [2.45, 2.75) is 31.3 Å². The maximum absolute atomic E-state index is 11.0. The SMILES string of the molecule is CS(=O)(=O)CC1(O)CCC(C(=O)O)CC1. The summed E-state index contributed by atoms with van der Waals surface area (Å²) in [5.74, 6) is -1.58. The summed E-state index contributed by atoms with van der Waals surface area (Å²) in [4.78, 5) is 10.7. The Bertz CT molecular complexity index is 338. The first-order chi connectivity index (χ1) is 6.72. The first-order valence-corrected chi connectivity index (χ1v) is 6.91. The Morgan fingerprint density at radius 1 is 1.40 bits per heavy atom. The lowest BCUT2D eigenvalue weighted by atomic mass is 9.80. The van der Waals surface area contributed by atoms with Crippen molar-refractivity contribution in [3.05, 3.63) is 0 Å². The van der Waals surface area contributed by atoms with Crippen LogP contribution in [0.2, 0.25) is 0 Å². The topological polar surface area (TPSA) is 91.7 Å². The van der Waals surface area contributed by atoms with Crippen LogP contribution < -0.4 is 0 Å². The van der Waals surface area contributed by atoms with E-state index in [0.29, 0.717) is 12.8 Å². The first-order valence-electron chi connectivity index (χ1n) is 4.85. The minimum Gasteiger partial charge on any atom is -0.481 e. The molecule has 1 aliphatic carbocycles. The second kappa shape index (κ2) is 4.09. The summed E-state index contributed by atoms with van der Waals surface area (Å²) in [5, 5.41) is 18.7. The normalized spacial score (nSPS) is 32.5. The van der Waals surface area contributed by atoms with Crippen molar-refractivity contribution >= 4 is 15.8 Å². The molecule has 2 N–H and O–H groups in total. The highest BCUT2D eigenvalue weighted by atomic mass is 32.2. The van der Waals surface area contributed by atoms with E-state index in [1.165, 1.54) is 0 Å². The van der Waals surface area contributed by atoms with Crippen LogP contribution >= 0.6 is 0 Å². The highest BCUT2D eigenvalue weighted by Crippen LogP contribution is 2.33. The van der Waals surface area contributed by atoms with Gasteiger partial charge in [0.15, 0.2) is 0 Å². The third-order valence-electron chi connectivity index (χ3n) is 2.80. The van der Waals surface area contributed by atoms with Crippen LogP contribution in [0, 0.1) is 5.92 Å². The first kappa shape index (κ1) is 12.4. The molecule has 0 amide bonds. The van der Waals surface area contributed by atoms with E-state index in [1.807, 2.05) is 0 Å². The molecular weight excluding hydrogens is 220 g/mol. The summed E-state index contributed by atoms with van der Waals surface area (Å²) >= 11 is 0. The zero-order valence-electron chi connectivity index (χ0n) is 8.64. The smallest absolute Gasteiger partial charge is 0.306 e. The molecule has 0 saturated heterocycles. The molecule has 0 aromatic rings. The van der Waals surface area contributed by atoms with Crippen LogP contribution in [0.15, 0.2) is 0 Å². The van der Waals surface area contributed by atoms with Crippen molar-refractivity contribution in [3.8, 4) is 0 Å². The van der Waals surface area contributed by atoms with Gasteiger partial charge in [0.25, 0.3) is 0 Å². The second-order valence-corrected chi connectivity index (χ2v) is 6.55. The van der Waals surface area contributed by atoms with Gasteiger partial charge in [0.1, 0.15) is 9.84 Å². The van der Waals surface area contributed by atoms with Gasteiger partial charge in [0.05, 0.1) is 17.3 Å². The molecule has 0 bridgehead atoms. The minimum absolute atomic E-state index is 0.247. The van der Waals surface area contributed by atoms with Gasteiger partial charge in [-0.15, -0.1) is 0 Å². The number of carbonyl (C=O) groups is 1. The predicted octanol–water partition coefficient (Wildman–Crippen LogP) is 0.0369. The monoisotopic (exact) mass is 236 g/mol. The van der Waals surface area contributed by atoms with Crippen LogP contribution in [0.3, 0.4) is 0 Å². The third kappa shape index (κ3) is 3.79. The van der Waals surface area contributed by atoms with Crippen LogP contribution in [0.5, 0.6) is 0 Å². The Hall–Kier alpha value is -0.620. The summed E-state index contributed by atoms with van der Waals surface area (Å²) in [7, 11) is -3.22. The van der Waals surface area contributed by atoms with Crippen molar-refractivity contribution in [2.24, 2.45) is 5.92 Å². The molecule has 88 valence electrons. The van der Waals surface area contributed by atoms with Gasteiger partial charge in [-0.25, -0.2) is 8.42 Å². The number of rotatable bonds is 3. The Morgan fingerprint density at radius 3 is 2.20 bits per heavy atom. The lowest BCUT2D eigenvalue weighted by Crippen LogP contribution is -2.41. The minimum atomic E-state index is -3.22. The third-order valence-corrected chi connectivity index (χ3v) is 3.86. The van der Waals surface area contributed by atoms with E-state index >= 15 is 0 Å². The van der Waals surface area contributed by atoms with Gasteiger partial charge >= 0.3 is 5.97 Å². The molecule has 0 atom stereocenters. The molecule has 1 rings (SSSR count). The number of hydrogen-bond donors (Lipinski definition) is 2. The molecule has 1 saturated carbocycles. The van der Waals surface area contributed by atoms with Crippen molar-refractivity contribution in [3.63, 3.8) is 0 Å². The standard InChI is InChI=1S/C9H16O5S/c1-15(13,14)6-9(12)4-2-7(3-5-9)8(10)11/h7,12H,2-6H2,1H3,(H,10,11). The maximum Gasteiger partial charge on any atom is 0.306 e. The van der Waals surface area contributed by atoms with Crippen LogP contribution in [0.25, 0.3) is 0 Å². The fraction of sp³-hybridized carbons (Fsp3) is 0.889. The molecule has 0 heterocycles. The Labute approximate surface area is 89.0 Å². The van der Waals surface area contributed by atoms with E-state index < -0.39 is 27.3 Å². The van der Waals surface area contributed by atoms with Crippen molar-refractivity contribution in [1.29, 1.82) is 0 Å². The molecule has 1 fully saturated rings. The molecule has 15 heavy (non-hydrogen) atoms. The van der Waals surface area contributed by atoms with Gasteiger partial charge in [-0.2, -0.15) is 0 Å². The van der Waals surface area contributed by atoms with E-state index in [2.05, 4.69) is 0 Å². The molecule has 0 aliphatic heterocycles. The van der Waals surface area contributed by atoms with Gasteiger partial charge < -0.3 is 10.2 Å². The Morgan fingerprint density at radius 2 is 1.87 bits per heavy atom. The number of carboxylic acid groups (broad SMARTS) is 1. The number of hydrogen-bond acceptors (Lipinski definition) is 4. The van der Waals surface area contributed by atoms with E-state index in [4.69, 9.17) is 5.11 Å². The highest BCUT2D eigenvalue weighted by Gasteiger charge is 2.37. The fourth-order valence-electron chi connectivity index (χ4n) is 2.03. The lowest BCUT2D eigenvalue weighted by Gasteiger charge is -2.33. The second-order valence-electron chi connectivity index (χ2n) is 4.41. The average Bonchev–Trinajstić information content (AvgIpc) is 2.00. The predicted molar refractivity (Wildman–Crippen MR) is 54.3 cm³/mol. The molecule has 0 aromatic carbocycles. The zero-order chi connectivity index (χ0) is 11.7. The summed E-state index contributed by atoms with van der Waals surface area (Å²) < 4.78 is 22.1. The van der Waals surface area contributed by atoms with Gasteiger partial charge in [-0.05, 0) is 25.7 Å². The maximum atomic E-state index is 11.0. The van der Waals surface area contributed by atoms with Crippen molar-refractivity contribution in [2.75, 3.05) is 12.0 Å². The quantitative estimate of drug-likeness (QED) is 0.721. The zero-order valence-corrected chi connectivity index (χ0v) is 9.46. The van der Waals surface area contributed by atoms with E-state index in [1.54, 1.807) is 0 Å². The van der Waals surface area contributed by atoms with Crippen LogP contribution in [0.1, 0.15) is 25.7 Å². The number of sulfone groups is 1. The number of carboxylic acids is 1. The van der Waals surface area contributed by atoms with Crippen molar-refractivity contribution in [1.82, 2.24) is 0 Å². The highest BCUT2D eigenvalue weighted by molar-refractivity contribution is 7.90. The van der Waals surface area contributed by atoms with Crippen LogP contribution in [0.4, 0.5) is 0 Å². The lowest BCUT2D eigenvalue weighted by molar-refractivity contribution is -0.144. The Balaban J connectivity index is 2.59. The number of aliphatic carboxylic acids is 1. The molecule has 0 unspecified atom stereocenters. The van der Waals surface area contributed by atoms with Gasteiger partial charge in [0.2, 0.25) is 0 Å². The summed E-state index contributed by atoms with van der Waals surface area (Å²) in [6.45, 7) is 0. The Kier molecular flexibility index (Phi) is 3.40. The molecular formula is C9H16O5S. The van der Waals surface area contributed by atoms with Crippen molar-refractivity contribution < 1.29 is 23.4 Å². The van der Waals surface area contributed by atoms with Crippen LogP contribution in [-0.2, 0) is 14.6 Å². The summed E-state index contributed by atoms with van der Waals surface area (Å²) in [6.07, 6.45) is 2.27. The summed E-state index contributed by atoms with van der Waals surface area (Å²) in [6, 6.07) is 0. The summed E-state index contributed by atoms with van der Waals surface area (Å²) in [5.41, 5.74) is -1.22. The van der Waals surface area contributed by atoms with Crippen LogP contribution in [-0.4, -0.2) is 42.2 Å². The van der Waals surface area contributed by atoms with Gasteiger partial charge in [0, 0.05) is 6.26 Å². The molecule has 5 nitrogen and oxygen atoms in total. The molecule has 0 aromatic heterocycles. The van der Waals surface area contributed by atoms with Gasteiger partial charge in [-0.3, -0.25) is 4.79 Å². The van der Waals surface area contributed by atoms with E-state index in [9.17, 15) is 18.3 Å². The molecule has 0 radical (unpaired) electrons. The fourth-order valence-corrected chi connectivity index (χ4v) is 3.30. The molecule has 0 spiro atoms. The average molecular weight is 236 g/mol. The van der Waals surface area contributed by atoms with E-state index in [-0.39, 0.29) is 18.6 Å².